The zero-order chi connectivity index (χ0) is 21.0. The Morgan fingerprint density at radius 2 is 1.68 bits per heavy atom. The molecule has 0 unspecified atom stereocenters. The summed E-state index contributed by atoms with van der Waals surface area (Å²) in [7, 11) is 0. The number of halogens is 1. The quantitative estimate of drug-likeness (QED) is 0.184. The summed E-state index contributed by atoms with van der Waals surface area (Å²) in [4.78, 5) is 9.82. The molecular weight excluding hydrogens is 501 g/mol. The molecule has 0 atom stereocenters. The molecule has 0 radical (unpaired) electrons. The number of nitrogens with one attached hydrogen (secondary N) is 2. The summed E-state index contributed by atoms with van der Waals surface area (Å²) < 4.78 is 5.70. The molecule has 1 aromatic carbocycles. The number of rotatable bonds is 12. The van der Waals surface area contributed by atoms with Gasteiger partial charge in [0.15, 0.2) is 5.96 Å². The first-order valence-electron chi connectivity index (χ1n) is 11.9. The molecule has 2 N–H and O–H groups in total. The Morgan fingerprint density at radius 3 is 2.32 bits per heavy atom. The number of aliphatic imine (C=N–C) groups is 1. The Morgan fingerprint density at radius 1 is 1.00 bits per heavy atom. The summed E-state index contributed by atoms with van der Waals surface area (Å²) in [6, 6.07) is 8.95. The number of guanidine groups is 1. The van der Waals surface area contributed by atoms with Gasteiger partial charge in [-0.2, -0.15) is 0 Å². The lowest BCUT2D eigenvalue weighted by molar-refractivity contribution is 0.123. The summed E-state index contributed by atoms with van der Waals surface area (Å²) in [6.07, 6.45) is 3.72. The fraction of sp³-hybridized carbons (Fsp3) is 0.708. The van der Waals surface area contributed by atoms with Gasteiger partial charge in [0.2, 0.25) is 0 Å². The molecule has 1 saturated carbocycles. The number of likely N-dealkylation sites (N-methyl/N-ethyl adjacent to an activating group) is 1. The zero-order valence-corrected chi connectivity index (χ0v) is 21.8. The first-order valence-corrected chi connectivity index (χ1v) is 11.9. The van der Waals surface area contributed by atoms with Crippen LogP contribution < -0.4 is 10.6 Å². The van der Waals surface area contributed by atoms with Gasteiger partial charge in [-0.15, -0.1) is 24.0 Å². The predicted octanol–water partition coefficient (Wildman–Crippen LogP) is 3.31. The third kappa shape index (κ3) is 10.5. The van der Waals surface area contributed by atoms with Crippen molar-refractivity contribution in [1.82, 2.24) is 20.4 Å². The van der Waals surface area contributed by atoms with Crippen molar-refractivity contribution in [2.45, 2.75) is 46.2 Å². The average Bonchev–Trinajstić information content (AvgIpc) is 3.60. The molecule has 2 aliphatic rings. The van der Waals surface area contributed by atoms with E-state index in [-0.39, 0.29) is 24.0 Å². The average molecular weight is 544 g/mol. The van der Waals surface area contributed by atoms with Crippen molar-refractivity contribution in [2.75, 3.05) is 59.0 Å². The summed E-state index contributed by atoms with van der Waals surface area (Å²) in [6.45, 7) is 15.5. The van der Waals surface area contributed by atoms with Crippen LogP contribution in [0.4, 0.5) is 0 Å². The minimum Gasteiger partial charge on any atom is -0.381 e. The van der Waals surface area contributed by atoms with Crippen LogP contribution in [-0.4, -0.2) is 74.8 Å². The molecule has 6 nitrogen and oxygen atoms in total. The molecule has 0 amide bonds. The normalized spacial score (nSPS) is 17.9. The van der Waals surface area contributed by atoms with Gasteiger partial charge in [0, 0.05) is 59.0 Å². The van der Waals surface area contributed by atoms with E-state index in [1.807, 2.05) is 0 Å². The number of hydrogen-bond donors (Lipinski definition) is 2. The van der Waals surface area contributed by atoms with Crippen molar-refractivity contribution < 1.29 is 4.74 Å². The van der Waals surface area contributed by atoms with Crippen LogP contribution in [-0.2, 0) is 17.8 Å². The number of hydrogen-bond acceptors (Lipinski definition) is 4. The third-order valence-electron chi connectivity index (χ3n) is 5.91. The second kappa shape index (κ2) is 15.0. The molecule has 1 aromatic rings. The minimum atomic E-state index is 0. The van der Waals surface area contributed by atoms with Crippen molar-refractivity contribution in [3.8, 4) is 0 Å². The van der Waals surface area contributed by atoms with E-state index in [9.17, 15) is 0 Å². The summed E-state index contributed by atoms with van der Waals surface area (Å²) >= 11 is 0. The lowest BCUT2D eigenvalue weighted by Crippen LogP contribution is -2.45. The smallest absolute Gasteiger partial charge is 0.191 e. The van der Waals surface area contributed by atoms with Crippen molar-refractivity contribution in [3.63, 3.8) is 0 Å². The summed E-state index contributed by atoms with van der Waals surface area (Å²) in [5, 5.41) is 6.75. The van der Waals surface area contributed by atoms with E-state index in [0.717, 1.165) is 51.1 Å². The maximum Gasteiger partial charge on any atom is 0.191 e. The van der Waals surface area contributed by atoms with Crippen LogP contribution in [0.2, 0.25) is 0 Å². The molecule has 2 fully saturated rings. The molecule has 1 aliphatic heterocycles. The molecular formula is C24H42IN5O. The zero-order valence-electron chi connectivity index (χ0n) is 19.4. The minimum absolute atomic E-state index is 0. The van der Waals surface area contributed by atoms with Gasteiger partial charge in [-0.25, -0.2) is 4.99 Å². The Hall–Kier alpha value is -0.900. The molecule has 176 valence electrons. The lowest BCUT2D eigenvalue weighted by atomic mass is 10.1. The molecule has 31 heavy (non-hydrogen) atoms. The molecule has 7 heteroatoms. The second-order valence-corrected chi connectivity index (χ2v) is 8.52. The van der Waals surface area contributed by atoms with Crippen LogP contribution in [0.15, 0.2) is 29.3 Å². The third-order valence-corrected chi connectivity index (χ3v) is 5.91. The lowest BCUT2D eigenvalue weighted by Gasteiger charge is -2.34. The van der Waals surface area contributed by atoms with Crippen molar-refractivity contribution in [1.29, 1.82) is 0 Å². The van der Waals surface area contributed by atoms with Crippen LogP contribution in [0.3, 0.4) is 0 Å². The number of ether oxygens (including phenoxy) is 1. The maximum absolute atomic E-state index is 5.70. The van der Waals surface area contributed by atoms with Crippen LogP contribution >= 0.6 is 24.0 Å². The van der Waals surface area contributed by atoms with Gasteiger partial charge in [0.1, 0.15) is 0 Å². The van der Waals surface area contributed by atoms with Crippen molar-refractivity contribution in [2.24, 2.45) is 10.9 Å². The molecule has 0 aromatic heterocycles. The van der Waals surface area contributed by atoms with Crippen molar-refractivity contribution >= 4 is 29.9 Å². The van der Waals surface area contributed by atoms with Crippen LogP contribution in [0.25, 0.3) is 0 Å². The largest absolute Gasteiger partial charge is 0.381 e. The Balaban J connectivity index is 0.00000341. The highest BCUT2D eigenvalue weighted by Crippen LogP contribution is 2.28. The van der Waals surface area contributed by atoms with E-state index in [1.165, 1.54) is 56.7 Å². The molecule has 1 saturated heterocycles. The van der Waals surface area contributed by atoms with Gasteiger partial charge < -0.3 is 20.3 Å². The van der Waals surface area contributed by atoms with Gasteiger partial charge in [0.25, 0.3) is 0 Å². The molecule has 1 aliphatic carbocycles. The number of nitrogens with zero attached hydrogens (tertiary/aromatic N) is 3. The van der Waals surface area contributed by atoms with Crippen LogP contribution in [0.1, 0.15) is 44.2 Å². The molecule has 0 spiro atoms. The molecule has 1 heterocycles. The predicted molar refractivity (Wildman–Crippen MR) is 140 cm³/mol. The van der Waals surface area contributed by atoms with E-state index >= 15 is 0 Å². The molecule has 3 rings (SSSR count). The molecule has 0 bridgehead atoms. The monoisotopic (exact) mass is 543 g/mol. The van der Waals surface area contributed by atoms with E-state index < -0.39 is 0 Å². The van der Waals surface area contributed by atoms with E-state index in [1.54, 1.807) is 0 Å². The van der Waals surface area contributed by atoms with Gasteiger partial charge in [-0.1, -0.05) is 31.2 Å². The first-order chi connectivity index (χ1) is 14.8. The van der Waals surface area contributed by atoms with E-state index in [4.69, 9.17) is 9.73 Å². The fourth-order valence-corrected chi connectivity index (χ4v) is 3.70. The Bertz CT molecular complexity index is 627. The first kappa shape index (κ1) is 26.4. The van der Waals surface area contributed by atoms with Gasteiger partial charge >= 0.3 is 0 Å². The van der Waals surface area contributed by atoms with Gasteiger partial charge in [-0.05, 0) is 49.8 Å². The highest BCUT2D eigenvalue weighted by Gasteiger charge is 2.20. The number of benzene rings is 1. The van der Waals surface area contributed by atoms with Crippen molar-refractivity contribution in [3.05, 3.63) is 35.4 Å². The Labute approximate surface area is 206 Å². The van der Waals surface area contributed by atoms with E-state index in [2.05, 4.69) is 58.5 Å². The maximum atomic E-state index is 5.70. The summed E-state index contributed by atoms with van der Waals surface area (Å²) in [5.41, 5.74) is 2.64. The summed E-state index contributed by atoms with van der Waals surface area (Å²) in [5.74, 6) is 1.73. The van der Waals surface area contributed by atoms with Gasteiger partial charge in [0.05, 0.1) is 6.54 Å². The second-order valence-electron chi connectivity index (χ2n) is 8.52. The highest BCUT2D eigenvalue weighted by molar-refractivity contribution is 14.0. The van der Waals surface area contributed by atoms with Crippen LogP contribution in [0.5, 0.6) is 0 Å². The van der Waals surface area contributed by atoms with Gasteiger partial charge in [-0.3, -0.25) is 4.90 Å². The van der Waals surface area contributed by atoms with Crippen LogP contribution in [0, 0.1) is 5.92 Å². The van der Waals surface area contributed by atoms with E-state index in [0.29, 0.717) is 6.54 Å². The highest BCUT2D eigenvalue weighted by atomic mass is 127. The standard InChI is InChI=1S/C24H41N5O.HI/c1-3-25-24(26-12-5-17-30-20-23-10-11-23)27-18-21-6-8-22(9-7-21)19-29-15-13-28(4-2)14-16-29;/h6-9,23H,3-5,10-20H2,1-2H3,(H2,25,26,27);1H. The Kier molecular flexibility index (Phi) is 12.8. The fourth-order valence-electron chi connectivity index (χ4n) is 3.70. The number of piperazine rings is 1. The topological polar surface area (TPSA) is 52.1 Å². The SMILES string of the molecule is CCNC(=NCc1ccc(CN2CCN(CC)CC2)cc1)NCCCOCC1CC1.I.